The van der Waals surface area contributed by atoms with Crippen LogP contribution >= 0.6 is 11.3 Å². The fourth-order valence-corrected chi connectivity index (χ4v) is 2.76. The van der Waals surface area contributed by atoms with Gasteiger partial charge < -0.3 is 5.32 Å². The van der Waals surface area contributed by atoms with Gasteiger partial charge in [0, 0.05) is 23.5 Å². The summed E-state index contributed by atoms with van der Waals surface area (Å²) >= 11 is 0.662. The molecule has 0 aromatic carbocycles. The molecule has 0 saturated carbocycles. The van der Waals surface area contributed by atoms with Crippen molar-refractivity contribution in [2.75, 3.05) is 6.54 Å². The topological polar surface area (TPSA) is 37.8 Å². The summed E-state index contributed by atoms with van der Waals surface area (Å²) in [6.07, 6.45) is 0.251. The molecule has 0 aliphatic rings. The zero-order chi connectivity index (χ0) is 14.8. The molecule has 20 heavy (non-hydrogen) atoms. The van der Waals surface area contributed by atoms with Crippen LogP contribution in [0.3, 0.4) is 0 Å². The zero-order valence-electron chi connectivity index (χ0n) is 11.0. The Morgan fingerprint density at radius 2 is 2.05 bits per heavy atom. The number of aromatic nitrogens is 2. The van der Waals surface area contributed by atoms with Gasteiger partial charge in [-0.3, -0.25) is 4.98 Å². The summed E-state index contributed by atoms with van der Waals surface area (Å²) in [6, 6.07) is 1.59. The van der Waals surface area contributed by atoms with Gasteiger partial charge in [0.25, 0.3) is 0 Å². The predicted molar refractivity (Wildman–Crippen MR) is 71.6 cm³/mol. The first-order valence-electron chi connectivity index (χ1n) is 6.09. The van der Waals surface area contributed by atoms with Crippen molar-refractivity contribution in [2.24, 2.45) is 0 Å². The Balaban J connectivity index is 2.36. The molecule has 1 N–H and O–H groups in total. The summed E-state index contributed by atoms with van der Waals surface area (Å²) in [5.41, 5.74) is 1.80. The quantitative estimate of drug-likeness (QED) is 0.938. The molecule has 108 valence electrons. The van der Waals surface area contributed by atoms with Crippen molar-refractivity contribution in [3.8, 4) is 0 Å². The summed E-state index contributed by atoms with van der Waals surface area (Å²) in [7, 11) is 0. The van der Waals surface area contributed by atoms with Crippen molar-refractivity contribution < 1.29 is 13.2 Å². The van der Waals surface area contributed by atoms with Crippen LogP contribution in [-0.4, -0.2) is 16.5 Å². The van der Waals surface area contributed by atoms with E-state index in [0.29, 0.717) is 22.8 Å². The molecule has 2 rings (SSSR count). The van der Waals surface area contributed by atoms with Gasteiger partial charge in [-0.25, -0.2) is 4.98 Å². The third-order valence-electron chi connectivity index (χ3n) is 2.69. The van der Waals surface area contributed by atoms with Crippen LogP contribution in [0.15, 0.2) is 24.7 Å². The van der Waals surface area contributed by atoms with Crippen LogP contribution in [0, 0.1) is 6.92 Å². The molecule has 2 aromatic heterocycles. The lowest BCUT2D eigenvalue weighted by atomic mass is 10.1. The van der Waals surface area contributed by atoms with Crippen LogP contribution in [0.25, 0.3) is 0 Å². The van der Waals surface area contributed by atoms with Crippen molar-refractivity contribution in [2.45, 2.75) is 26.1 Å². The van der Waals surface area contributed by atoms with Crippen LogP contribution in [0.5, 0.6) is 0 Å². The van der Waals surface area contributed by atoms with Gasteiger partial charge in [-0.05, 0) is 24.6 Å². The second kappa shape index (κ2) is 5.88. The van der Waals surface area contributed by atoms with E-state index in [9.17, 15) is 13.2 Å². The Labute approximate surface area is 118 Å². The highest BCUT2D eigenvalue weighted by Crippen LogP contribution is 2.35. The number of rotatable bonds is 4. The third-order valence-corrected chi connectivity index (χ3v) is 3.80. The van der Waals surface area contributed by atoms with Crippen LogP contribution in [-0.2, 0) is 6.18 Å². The molecule has 1 atom stereocenters. The summed E-state index contributed by atoms with van der Waals surface area (Å²) in [4.78, 5) is 8.10. The molecule has 0 radical (unpaired) electrons. The van der Waals surface area contributed by atoms with E-state index in [-0.39, 0.29) is 6.04 Å². The molecular weight excluding hydrogens is 287 g/mol. The second-order valence-corrected chi connectivity index (χ2v) is 5.41. The van der Waals surface area contributed by atoms with E-state index in [0.717, 1.165) is 11.1 Å². The van der Waals surface area contributed by atoms with Gasteiger partial charge in [0.15, 0.2) is 5.01 Å². The molecule has 0 amide bonds. The molecule has 2 aromatic rings. The minimum Gasteiger partial charge on any atom is -0.306 e. The molecule has 0 aliphatic carbocycles. The van der Waals surface area contributed by atoms with Crippen LogP contribution in [0.1, 0.15) is 34.0 Å². The number of thiazole rings is 1. The van der Waals surface area contributed by atoms with Gasteiger partial charge in [0.2, 0.25) is 0 Å². The van der Waals surface area contributed by atoms with Crippen LogP contribution in [0.2, 0.25) is 0 Å². The minimum absolute atomic E-state index is 0.319. The molecule has 0 bridgehead atoms. The zero-order valence-corrected chi connectivity index (χ0v) is 11.8. The molecule has 0 saturated heterocycles. The van der Waals surface area contributed by atoms with Gasteiger partial charge in [0.1, 0.15) is 0 Å². The van der Waals surface area contributed by atoms with Crippen molar-refractivity contribution in [3.05, 3.63) is 45.7 Å². The lowest BCUT2D eigenvalue weighted by Gasteiger charge is -2.16. The normalized spacial score (nSPS) is 13.4. The van der Waals surface area contributed by atoms with E-state index in [2.05, 4.69) is 15.3 Å². The molecule has 1 unspecified atom stereocenters. The summed E-state index contributed by atoms with van der Waals surface area (Å²) in [5, 5.41) is 2.35. The first-order valence-corrected chi connectivity index (χ1v) is 6.91. The van der Waals surface area contributed by atoms with E-state index in [4.69, 9.17) is 0 Å². The maximum Gasteiger partial charge on any atom is 0.443 e. The Hall–Kier alpha value is -1.47. The van der Waals surface area contributed by atoms with Crippen molar-refractivity contribution in [1.29, 1.82) is 0 Å². The highest BCUT2D eigenvalue weighted by atomic mass is 32.1. The smallest absolute Gasteiger partial charge is 0.306 e. The van der Waals surface area contributed by atoms with Gasteiger partial charge in [-0.2, -0.15) is 13.2 Å². The standard InChI is InChI=1S/C13H14F3N3S/c1-3-18-11(9-4-8(2)5-17-6-9)10-7-19-12(20-10)13(14,15)16/h4-7,11,18H,3H2,1-2H3. The predicted octanol–water partition coefficient (Wildman–Crippen LogP) is 3.56. The highest BCUT2D eigenvalue weighted by molar-refractivity contribution is 7.11. The molecule has 3 nitrogen and oxygen atoms in total. The Morgan fingerprint density at radius 1 is 1.30 bits per heavy atom. The van der Waals surface area contributed by atoms with Crippen molar-refractivity contribution >= 4 is 11.3 Å². The SMILES string of the molecule is CCNC(c1cncc(C)c1)c1cnc(C(F)(F)F)s1. The maximum atomic E-state index is 12.6. The lowest BCUT2D eigenvalue weighted by molar-refractivity contribution is -0.137. The monoisotopic (exact) mass is 301 g/mol. The van der Waals surface area contributed by atoms with E-state index in [1.54, 1.807) is 12.4 Å². The fourth-order valence-electron chi connectivity index (χ4n) is 1.87. The minimum atomic E-state index is -4.40. The Bertz CT molecular complexity index is 580. The Morgan fingerprint density at radius 3 is 2.60 bits per heavy atom. The van der Waals surface area contributed by atoms with Gasteiger partial charge in [0.05, 0.1) is 6.04 Å². The van der Waals surface area contributed by atoms with E-state index in [1.807, 2.05) is 19.9 Å². The number of hydrogen-bond acceptors (Lipinski definition) is 4. The molecule has 0 fully saturated rings. The number of pyridine rings is 1. The third kappa shape index (κ3) is 3.34. The summed E-state index contributed by atoms with van der Waals surface area (Å²) in [5.74, 6) is 0. The lowest BCUT2D eigenvalue weighted by Crippen LogP contribution is -2.21. The van der Waals surface area contributed by atoms with Crippen LogP contribution < -0.4 is 5.32 Å². The number of alkyl halides is 3. The first kappa shape index (κ1) is 14.9. The molecular formula is C13H14F3N3S. The average Bonchev–Trinajstić information content (AvgIpc) is 2.85. The second-order valence-electron chi connectivity index (χ2n) is 4.35. The molecule has 7 heteroatoms. The highest BCUT2D eigenvalue weighted by Gasteiger charge is 2.35. The number of nitrogens with zero attached hydrogens (tertiary/aromatic N) is 2. The summed E-state index contributed by atoms with van der Waals surface area (Å²) < 4.78 is 37.9. The van der Waals surface area contributed by atoms with E-state index < -0.39 is 11.2 Å². The van der Waals surface area contributed by atoms with Crippen molar-refractivity contribution in [3.63, 3.8) is 0 Å². The molecule has 2 heterocycles. The number of hydrogen-bond donors (Lipinski definition) is 1. The number of nitrogens with one attached hydrogen (secondary N) is 1. The first-order chi connectivity index (χ1) is 9.41. The Kier molecular flexibility index (Phi) is 4.39. The van der Waals surface area contributed by atoms with Crippen LogP contribution in [0.4, 0.5) is 13.2 Å². The van der Waals surface area contributed by atoms with Gasteiger partial charge in [-0.15, -0.1) is 11.3 Å². The van der Waals surface area contributed by atoms with E-state index in [1.165, 1.54) is 6.20 Å². The fraction of sp³-hybridized carbons (Fsp3) is 0.385. The largest absolute Gasteiger partial charge is 0.443 e. The van der Waals surface area contributed by atoms with Gasteiger partial charge >= 0.3 is 6.18 Å². The average molecular weight is 301 g/mol. The van der Waals surface area contributed by atoms with Crippen molar-refractivity contribution in [1.82, 2.24) is 15.3 Å². The van der Waals surface area contributed by atoms with Gasteiger partial charge in [-0.1, -0.05) is 13.0 Å². The number of aryl methyl sites for hydroxylation is 1. The van der Waals surface area contributed by atoms with E-state index >= 15 is 0 Å². The number of halogens is 3. The molecule has 0 aliphatic heterocycles. The maximum absolute atomic E-state index is 12.6. The summed E-state index contributed by atoms with van der Waals surface area (Å²) in [6.45, 7) is 4.44. The molecule has 0 spiro atoms.